The van der Waals surface area contributed by atoms with Crippen molar-refractivity contribution in [3.63, 3.8) is 0 Å². The van der Waals surface area contributed by atoms with E-state index in [-0.39, 0.29) is 0 Å². The SMILES string of the molecule is CCCNCc1cccc(S(=O)(=O)NCCC(C)SC)c1. The van der Waals surface area contributed by atoms with Crippen LogP contribution in [0.15, 0.2) is 29.2 Å². The zero-order valence-electron chi connectivity index (χ0n) is 13.1. The van der Waals surface area contributed by atoms with Gasteiger partial charge in [0.05, 0.1) is 4.90 Å². The van der Waals surface area contributed by atoms with Gasteiger partial charge in [-0.05, 0) is 43.3 Å². The van der Waals surface area contributed by atoms with Crippen LogP contribution in [0.25, 0.3) is 0 Å². The van der Waals surface area contributed by atoms with E-state index in [2.05, 4.69) is 23.9 Å². The highest BCUT2D eigenvalue weighted by Gasteiger charge is 2.14. The first kappa shape index (κ1) is 18.5. The minimum Gasteiger partial charge on any atom is -0.313 e. The van der Waals surface area contributed by atoms with Crippen molar-refractivity contribution in [2.45, 2.75) is 43.4 Å². The fourth-order valence-electron chi connectivity index (χ4n) is 1.83. The Morgan fingerprint density at radius 3 is 2.71 bits per heavy atom. The molecule has 0 aliphatic rings. The maximum atomic E-state index is 12.2. The van der Waals surface area contributed by atoms with Crippen molar-refractivity contribution < 1.29 is 8.42 Å². The third kappa shape index (κ3) is 6.82. The van der Waals surface area contributed by atoms with Crippen LogP contribution in [-0.2, 0) is 16.6 Å². The maximum absolute atomic E-state index is 12.2. The van der Waals surface area contributed by atoms with Gasteiger partial charge in [-0.25, -0.2) is 13.1 Å². The van der Waals surface area contributed by atoms with E-state index in [1.807, 2.05) is 12.3 Å². The molecule has 0 saturated heterocycles. The number of benzene rings is 1. The Balaban J connectivity index is 2.63. The fourth-order valence-corrected chi connectivity index (χ4v) is 3.30. The number of thioether (sulfide) groups is 1. The van der Waals surface area contributed by atoms with Crippen molar-refractivity contribution in [2.75, 3.05) is 19.3 Å². The molecule has 2 N–H and O–H groups in total. The number of hydrogen-bond acceptors (Lipinski definition) is 4. The smallest absolute Gasteiger partial charge is 0.240 e. The molecule has 1 unspecified atom stereocenters. The third-order valence-electron chi connectivity index (χ3n) is 3.21. The third-order valence-corrected chi connectivity index (χ3v) is 5.71. The zero-order chi connectivity index (χ0) is 15.7. The molecule has 0 fully saturated rings. The van der Waals surface area contributed by atoms with Gasteiger partial charge in [0.15, 0.2) is 0 Å². The van der Waals surface area contributed by atoms with Crippen molar-refractivity contribution >= 4 is 21.8 Å². The van der Waals surface area contributed by atoms with Gasteiger partial charge in [0.1, 0.15) is 0 Å². The largest absolute Gasteiger partial charge is 0.313 e. The van der Waals surface area contributed by atoms with E-state index in [0.717, 1.165) is 24.9 Å². The van der Waals surface area contributed by atoms with Gasteiger partial charge in [-0.3, -0.25) is 0 Å². The van der Waals surface area contributed by atoms with Crippen LogP contribution in [0.3, 0.4) is 0 Å². The van der Waals surface area contributed by atoms with E-state index >= 15 is 0 Å². The van der Waals surface area contributed by atoms with Gasteiger partial charge in [-0.15, -0.1) is 0 Å². The summed E-state index contributed by atoms with van der Waals surface area (Å²) >= 11 is 1.74. The summed E-state index contributed by atoms with van der Waals surface area (Å²) in [5.74, 6) is 0. The van der Waals surface area contributed by atoms with Crippen LogP contribution < -0.4 is 10.0 Å². The monoisotopic (exact) mass is 330 g/mol. The van der Waals surface area contributed by atoms with Crippen LogP contribution >= 0.6 is 11.8 Å². The first-order chi connectivity index (χ1) is 9.99. The summed E-state index contributed by atoms with van der Waals surface area (Å²) in [6.45, 7) is 6.30. The molecule has 6 heteroatoms. The highest BCUT2D eigenvalue weighted by molar-refractivity contribution is 7.99. The van der Waals surface area contributed by atoms with Gasteiger partial charge in [0.2, 0.25) is 10.0 Å². The molecule has 21 heavy (non-hydrogen) atoms. The molecule has 1 atom stereocenters. The lowest BCUT2D eigenvalue weighted by Crippen LogP contribution is -2.26. The van der Waals surface area contributed by atoms with E-state index in [9.17, 15) is 8.42 Å². The molecule has 4 nitrogen and oxygen atoms in total. The molecule has 0 heterocycles. The Bertz CT molecular complexity index is 518. The Kier molecular flexibility index (Phi) is 8.33. The summed E-state index contributed by atoms with van der Waals surface area (Å²) in [7, 11) is -3.40. The lowest BCUT2D eigenvalue weighted by atomic mass is 10.2. The first-order valence-electron chi connectivity index (χ1n) is 7.31. The molecule has 1 aromatic rings. The molecular weight excluding hydrogens is 304 g/mol. The van der Waals surface area contributed by atoms with Crippen LogP contribution in [0, 0.1) is 0 Å². The van der Waals surface area contributed by atoms with E-state index in [0.29, 0.717) is 23.2 Å². The van der Waals surface area contributed by atoms with Crippen molar-refractivity contribution in [1.82, 2.24) is 10.0 Å². The van der Waals surface area contributed by atoms with Gasteiger partial charge < -0.3 is 5.32 Å². The summed E-state index contributed by atoms with van der Waals surface area (Å²) in [6.07, 6.45) is 3.93. The molecule has 0 bridgehead atoms. The minimum atomic E-state index is -3.40. The summed E-state index contributed by atoms with van der Waals surface area (Å²) in [4.78, 5) is 0.343. The minimum absolute atomic E-state index is 0.343. The number of nitrogens with one attached hydrogen (secondary N) is 2. The first-order valence-corrected chi connectivity index (χ1v) is 10.1. The average molecular weight is 331 g/mol. The molecule has 0 saturated carbocycles. The maximum Gasteiger partial charge on any atom is 0.240 e. The standard InChI is InChI=1S/C15H26N2O2S2/c1-4-9-16-12-14-6-5-7-15(11-14)21(18,19)17-10-8-13(2)20-3/h5-7,11,13,16-17H,4,8-10,12H2,1-3H3. The van der Waals surface area contributed by atoms with Crippen molar-refractivity contribution in [1.29, 1.82) is 0 Å². The van der Waals surface area contributed by atoms with E-state index in [1.165, 1.54) is 0 Å². The molecule has 0 aromatic heterocycles. The number of sulfonamides is 1. The van der Waals surface area contributed by atoms with Crippen LogP contribution in [0.5, 0.6) is 0 Å². The second-order valence-corrected chi connectivity index (χ2v) is 8.10. The lowest BCUT2D eigenvalue weighted by molar-refractivity contribution is 0.578. The average Bonchev–Trinajstić information content (AvgIpc) is 2.47. The summed E-state index contributed by atoms with van der Waals surface area (Å²) in [5, 5.41) is 3.73. The lowest BCUT2D eigenvalue weighted by Gasteiger charge is -2.11. The Hall–Kier alpha value is -0.560. The van der Waals surface area contributed by atoms with E-state index < -0.39 is 10.0 Å². The van der Waals surface area contributed by atoms with Crippen LogP contribution in [0.4, 0.5) is 0 Å². The molecule has 1 rings (SSSR count). The van der Waals surface area contributed by atoms with E-state index in [1.54, 1.807) is 30.0 Å². The number of rotatable bonds is 10. The normalized spacial score (nSPS) is 13.3. The molecule has 0 aliphatic heterocycles. The second-order valence-electron chi connectivity index (χ2n) is 5.06. The summed E-state index contributed by atoms with van der Waals surface area (Å²) < 4.78 is 27.2. The predicted octanol–water partition coefficient (Wildman–Crippen LogP) is 2.61. The van der Waals surface area contributed by atoms with E-state index in [4.69, 9.17) is 0 Å². The molecule has 0 radical (unpaired) electrons. The Morgan fingerprint density at radius 1 is 1.29 bits per heavy atom. The highest BCUT2D eigenvalue weighted by atomic mass is 32.2. The molecule has 1 aromatic carbocycles. The molecule has 0 spiro atoms. The zero-order valence-corrected chi connectivity index (χ0v) is 14.7. The summed E-state index contributed by atoms with van der Waals surface area (Å²) in [6, 6.07) is 7.12. The molecular formula is C15H26N2O2S2. The quantitative estimate of drug-likeness (QED) is 0.648. The molecule has 120 valence electrons. The van der Waals surface area contributed by atoms with Gasteiger partial charge in [0.25, 0.3) is 0 Å². The molecule has 0 aliphatic carbocycles. The number of hydrogen-bond donors (Lipinski definition) is 2. The van der Waals surface area contributed by atoms with Crippen LogP contribution in [-0.4, -0.2) is 33.0 Å². The predicted molar refractivity (Wildman–Crippen MR) is 91.2 cm³/mol. The van der Waals surface area contributed by atoms with Gasteiger partial charge in [-0.2, -0.15) is 11.8 Å². The van der Waals surface area contributed by atoms with Crippen LogP contribution in [0.2, 0.25) is 0 Å². The Morgan fingerprint density at radius 2 is 2.05 bits per heavy atom. The van der Waals surface area contributed by atoms with Gasteiger partial charge in [0, 0.05) is 18.3 Å². The van der Waals surface area contributed by atoms with Gasteiger partial charge in [-0.1, -0.05) is 26.0 Å². The molecule has 0 amide bonds. The van der Waals surface area contributed by atoms with Gasteiger partial charge >= 0.3 is 0 Å². The summed E-state index contributed by atoms with van der Waals surface area (Å²) in [5.41, 5.74) is 0.990. The Labute approximate surface area is 133 Å². The van der Waals surface area contributed by atoms with Crippen molar-refractivity contribution in [3.8, 4) is 0 Å². The highest BCUT2D eigenvalue weighted by Crippen LogP contribution is 2.13. The van der Waals surface area contributed by atoms with Crippen molar-refractivity contribution in [3.05, 3.63) is 29.8 Å². The van der Waals surface area contributed by atoms with Crippen LogP contribution in [0.1, 0.15) is 32.3 Å². The van der Waals surface area contributed by atoms with Crippen molar-refractivity contribution in [2.24, 2.45) is 0 Å². The topological polar surface area (TPSA) is 58.2 Å². The second kappa shape index (κ2) is 9.46. The fraction of sp³-hybridized carbons (Fsp3) is 0.600.